The molecule has 2 rings (SSSR count). The fourth-order valence-electron chi connectivity index (χ4n) is 3.64. The summed E-state index contributed by atoms with van der Waals surface area (Å²) in [6.45, 7) is 5.88. The molecular formula is C21H31N3O8. The molecule has 2 unspecified atom stereocenters. The first-order valence-corrected chi connectivity index (χ1v) is 10.3. The summed E-state index contributed by atoms with van der Waals surface area (Å²) in [7, 11) is 2.59. The van der Waals surface area contributed by atoms with Crippen LogP contribution in [-0.4, -0.2) is 109 Å². The van der Waals surface area contributed by atoms with Crippen molar-refractivity contribution in [2.24, 2.45) is 0 Å². The Morgan fingerprint density at radius 2 is 1.72 bits per heavy atom. The van der Waals surface area contributed by atoms with E-state index in [1.165, 1.54) is 19.1 Å². The van der Waals surface area contributed by atoms with Gasteiger partial charge in [-0.1, -0.05) is 0 Å². The molecule has 1 saturated heterocycles. The molecule has 2 heterocycles. The van der Waals surface area contributed by atoms with Crippen LogP contribution in [0.2, 0.25) is 0 Å². The van der Waals surface area contributed by atoms with Gasteiger partial charge < -0.3 is 19.1 Å². The van der Waals surface area contributed by atoms with E-state index in [4.69, 9.17) is 14.2 Å². The first-order chi connectivity index (χ1) is 15.0. The molecule has 0 aromatic rings. The predicted molar refractivity (Wildman–Crippen MR) is 111 cm³/mol. The molecule has 0 radical (unpaired) electrons. The first-order valence-electron chi connectivity index (χ1n) is 10.3. The van der Waals surface area contributed by atoms with Crippen molar-refractivity contribution in [3.05, 3.63) is 12.2 Å². The Kier molecular flexibility index (Phi) is 8.51. The summed E-state index contributed by atoms with van der Waals surface area (Å²) in [5, 5.41) is 0. The van der Waals surface area contributed by atoms with Gasteiger partial charge in [-0.25, -0.2) is 4.79 Å². The fraction of sp³-hybridized carbons (Fsp3) is 0.667. The molecule has 178 valence electrons. The predicted octanol–water partition coefficient (Wildman–Crippen LogP) is -0.656. The van der Waals surface area contributed by atoms with E-state index < -0.39 is 41.5 Å². The number of imide groups is 1. The summed E-state index contributed by atoms with van der Waals surface area (Å²) in [5.74, 6) is -2.26. The zero-order valence-corrected chi connectivity index (χ0v) is 19.2. The van der Waals surface area contributed by atoms with Gasteiger partial charge in [0.2, 0.25) is 5.91 Å². The molecule has 0 bridgehead atoms. The molecular weight excluding hydrogens is 422 g/mol. The van der Waals surface area contributed by atoms with Crippen molar-refractivity contribution >= 4 is 29.7 Å². The van der Waals surface area contributed by atoms with Crippen LogP contribution >= 0.6 is 0 Å². The second-order valence-electron chi connectivity index (χ2n) is 8.55. The molecule has 0 N–H and O–H groups in total. The number of methoxy groups -OCH3 is 2. The van der Waals surface area contributed by atoms with Gasteiger partial charge in [0.05, 0.1) is 19.7 Å². The van der Waals surface area contributed by atoms with E-state index in [-0.39, 0.29) is 32.0 Å². The maximum Gasteiger partial charge on any atom is 0.336 e. The van der Waals surface area contributed by atoms with E-state index in [9.17, 15) is 24.0 Å². The number of hydrogen-bond acceptors (Lipinski definition) is 9. The van der Waals surface area contributed by atoms with Gasteiger partial charge in [-0.3, -0.25) is 29.0 Å². The Morgan fingerprint density at radius 1 is 1.09 bits per heavy atom. The third kappa shape index (κ3) is 6.60. The molecule has 11 nitrogen and oxygen atoms in total. The van der Waals surface area contributed by atoms with Crippen LogP contribution in [0.3, 0.4) is 0 Å². The molecule has 0 aliphatic carbocycles. The average Bonchev–Trinajstić information content (AvgIpc) is 3.03. The topological polar surface area (TPSA) is 123 Å². The summed E-state index contributed by atoms with van der Waals surface area (Å²) in [6, 6.07) is -0.644. The van der Waals surface area contributed by atoms with Crippen molar-refractivity contribution in [3.8, 4) is 0 Å². The molecule has 2 atom stereocenters. The van der Waals surface area contributed by atoms with Crippen LogP contribution in [0.4, 0.5) is 0 Å². The number of carbonyl (C=O) groups is 5. The number of piperazine rings is 1. The van der Waals surface area contributed by atoms with Crippen LogP contribution in [0.15, 0.2) is 12.2 Å². The summed E-state index contributed by atoms with van der Waals surface area (Å²) in [6.07, 6.45) is 1.26. The third-order valence-electron chi connectivity index (χ3n) is 5.13. The Hall–Kier alpha value is -2.79. The van der Waals surface area contributed by atoms with Crippen molar-refractivity contribution in [1.29, 1.82) is 0 Å². The minimum atomic E-state index is -1.02. The average molecular weight is 453 g/mol. The normalized spacial score (nSPS) is 20.5. The summed E-state index contributed by atoms with van der Waals surface area (Å²) in [5.41, 5.74) is -0.660. The van der Waals surface area contributed by atoms with E-state index in [0.29, 0.717) is 13.1 Å². The van der Waals surface area contributed by atoms with E-state index in [0.717, 1.165) is 17.1 Å². The summed E-state index contributed by atoms with van der Waals surface area (Å²) < 4.78 is 15.6. The minimum absolute atomic E-state index is 0.0308. The highest BCUT2D eigenvalue weighted by Crippen LogP contribution is 2.19. The lowest BCUT2D eigenvalue weighted by Crippen LogP contribution is -2.62. The third-order valence-corrected chi connectivity index (χ3v) is 5.13. The standard InChI is InChI=1S/C21H31N3O8/c1-21(2,3)32-18(28)13-22-10-11-23(12-14(22)19(30-4)20(29)31-5)15(25)8-9-24-16(26)6-7-17(24)27/h6-7,14,19H,8-13H2,1-5H3. The van der Waals surface area contributed by atoms with Gasteiger partial charge in [-0.2, -0.15) is 0 Å². The van der Waals surface area contributed by atoms with Crippen molar-refractivity contribution in [1.82, 2.24) is 14.7 Å². The Bertz CT molecular complexity index is 770. The molecule has 11 heteroatoms. The zero-order chi connectivity index (χ0) is 24.1. The van der Waals surface area contributed by atoms with Gasteiger partial charge in [0, 0.05) is 51.9 Å². The van der Waals surface area contributed by atoms with E-state index in [2.05, 4.69) is 0 Å². The van der Waals surface area contributed by atoms with Crippen LogP contribution in [-0.2, 0) is 38.2 Å². The van der Waals surface area contributed by atoms with E-state index in [1.807, 2.05) is 0 Å². The quantitative estimate of drug-likeness (QED) is 0.348. The number of amides is 3. The van der Waals surface area contributed by atoms with Gasteiger partial charge in [0.1, 0.15) is 5.60 Å². The minimum Gasteiger partial charge on any atom is -0.467 e. The molecule has 3 amide bonds. The monoisotopic (exact) mass is 453 g/mol. The molecule has 0 spiro atoms. The number of carbonyl (C=O) groups excluding carboxylic acids is 5. The molecule has 2 aliphatic rings. The molecule has 0 aromatic heterocycles. The van der Waals surface area contributed by atoms with Crippen molar-refractivity contribution in [3.63, 3.8) is 0 Å². The smallest absolute Gasteiger partial charge is 0.336 e. The van der Waals surface area contributed by atoms with Gasteiger partial charge in [-0.05, 0) is 20.8 Å². The highest BCUT2D eigenvalue weighted by Gasteiger charge is 2.40. The zero-order valence-electron chi connectivity index (χ0n) is 19.2. The highest BCUT2D eigenvalue weighted by atomic mass is 16.6. The summed E-state index contributed by atoms with van der Waals surface area (Å²) >= 11 is 0. The largest absolute Gasteiger partial charge is 0.467 e. The number of nitrogens with zero attached hydrogens (tertiary/aromatic N) is 3. The number of hydrogen-bond donors (Lipinski definition) is 0. The van der Waals surface area contributed by atoms with Crippen molar-refractivity contribution < 1.29 is 38.2 Å². The lowest BCUT2D eigenvalue weighted by Gasteiger charge is -2.43. The Balaban J connectivity index is 2.08. The maximum atomic E-state index is 12.8. The van der Waals surface area contributed by atoms with Crippen LogP contribution in [0.25, 0.3) is 0 Å². The molecule has 0 aromatic carbocycles. The van der Waals surface area contributed by atoms with Gasteiger partial charge >= 0.3 is 11.9 Å². The Labute approximate surface area is 187 Å². The van der Waals surface area contributed by atoms with Crippen LogP contribution in [0.1, 0.15) is 27.2 Å². The van der Waals surface area contributed by atoms with Gasteiger partial charge in [-0.15, -0.1) is 0 Å². The van der Waals surface area contributed by atoms with Gasteiger partial charge in [0.15, 0.2) is 6.10 Å². The molecule has 0 saturated carbocycles. The lowest BCUT2D eigenvalue weighted by molar-refractivity contribution is -0.166. The number of ether oxygens (including phenoxy) is 3. The number of esters is 2. The van der Waals surface area contributed by atoms with Gasteiger partial charge in [0.25, 0.3) is 11.8 Å². The van der Waals surface area contributed by atoms with Crippen molar-refractivity contribution in [2.45, 2.75) is 44.9 Å². The second kappa shape index (κ2) is 10.7. The fourth-order valence-corrected chi connectivity index (χ4v) is 3.64. The Morgan fingerprint density at radius 3 is 2.25 bits per heavy atom. The van der Waals surface area contributed by atoms with Crippen LogP contribution in [0.5, 0.6) is 0 Å². The van der Waals surface area contributed by atoms with Crippen LogP contribution < -0.4 is 0 Å². The maximum absolute atomic E-state index is 12.8. The van der Waals surface area contributed by atoms with Crippen LogP contribution in [0, 0.1) is 0 Å². The molecule has 1 fully saturated rings. The van der Waals surface area contributed by atoms with E-state index >= 15 is 0 Å². The number of rotatable bonds is 8. The second-order valence-corrected chi connectivity index (χ2v) is 8.55. The molecule has 32 heavy (non-hydrogen) atoms. The van der Waals surface area contributed by atoms with Crippen molar-refractivity contribution in [2.75, 3.05) is 46.9 Å². The SMILES string of the molecule is COC(=O)C(OC)C1CN(C(=O)CCN2C(=O)C=CC2=O)CCN1CC(=O)OC(C)(C)C. The summed E-state index contributed by atoms with van der Waals surface area (Å²) in [4.78, 5) is 65.0. The lowest BCUT2D eigenvalue weighted by atomic mass is 10.0. The van der Waals surface area contributed by atoms with E-state index in [1.54, 1.807) is 25.7 Å². The first kappa shape index (κ1) is 25.5. The highest BCUT2D eigenvalue weighted by molar-refractivity contribution is 6.13. The molecule has 2 aliphatic heterocycles.